The van der Waals surface area contributed by atoms with E-state index in [9.17, 15) is 9.59 Å². The van der Waals surface area contributed by atoms with Gasteiger partial charge in [-0.2, -0.15) is 0 Å². The molecule has 86 valence electrons. The summed E-state index contributed by atoms with van der Waals surface area (Å²) < 4.78 is 15.0. The number of carbonyl (C=O) groups is 2. The van der Waals surface area contributed by atoms with Crippen molar-refractivity contribution in [3.63, 3.8) is 0 Å². The number of Topliss-reactive ketones (excluding diaryl/α,β-unsaturated/α-hetero) is 1. The van der Waals surface area contributed by atoms with Crippen molar-refractivity contribution in [1.82, 2.24) is 0 Å². The van der Waals surface area contributed by atoms with E-state index in [4.69, 9.17) is 9.47 Å². The van der Waals surface area contributed by atoms with E-state index in [1.165, 1.54) is 7.11 Å². The van der Waals surface area contributed by atoms with Crippen molar-refractivity contribution in [2.45, 2.75) is 32.0 Å². The Kier molecular flexibility index (Phi) is 4.23. The Labute approximate surface area is 88.7 Å². The summed E-state index contributed by atoms with van der Waals surface area (Å²) in [4.78, 5) is 22.3. The van der Waals surface area contributed by atoms with E-state index in [1.807, 2.05) is 0 Å². The third-order valence-corrected chi connectivity index (χ3v) is 2.25. The lowest BCUT2D eigenvalue weighted by atomic mass is 10.1. The van der Waals surface area contributed by atoms with Crippen molar-refractivity contribution in [2.75, 3.05) is 20.3 Å². The molecule has 15 heavy (non-hydrogen) atoms. The van der Waals surface area contributed by atoms with E-state index in [-0.39, 0.29) is 31.0 Å². The summed E-state index contributed by atoms with van der Waals surface area (Å²) in [6, 6.07) is 0. The van der Waals surface area contributed by atoms with Crippen molar-refractivity contribution in [1.29, 1.82) is 0 Å². The first-order chi connectivity index (χ1) is 7.06. The topological polar surface area (TPSA) is 61.8 Å². The minimum absolute atomic E-state index is 0.0511. The highest BCUT2D eigenvalue weighted by molar-refractivity contribution is 5.83. The van der Waals surface area contributed by atoms with Crippen molar-refractivity contribution in [3.8, 4) is 0 Å². The molecule has 1 aliphatic rings. The molecule has 0 radical (unpaired) electrons. The molecule has 0 amide bonds. The SMILES string of the molecule is COC(=O)CCC(=O)CC1(C)OCCO1. The smallest absolute Gasteiger partial charge is 0.305 e. The van der Waals surface area contributed by atoms with Gasteiger partial charge in [-0.25, -0.2) is 0 Å². The molecular formula is C10H16O5. The quantitative estimate of drug-likeness (QED) is 0.632. The van der Waals surface area contributed by atoms with Crippen LogP contribution in [0.5, 0.6) is 0 Å². The molecule has 0 aromatic carbocycles. The highest BCUT2D eigenvalue weighted by Crippen LogP contribution is 2.23. The zero-order valence-electron chi connectivity index (χ0n) is 9.08. The lowest BCUT2D eigenvalue weighted by molar-refractivity contribution is -0.159. The normalized spacial score (nSPS) is 18.8. The number of ether oxygens (including phenoxy) is 3. The zero-order chi connectivity index (χ0) is 11.3. The van der Waals surface area contributed by atoms with Crippen LogP contribution in [-0.4, -0.2) is 37.9 Å². The number of ketones is 1. The Morgan fingerprint density at radius 2 is 1.87 bits per heavy atom. The van der Waals surface area contributed by atoms with Crippen LogP contribution in [0.3, 0.4) is 0 Å². The largest absolute Gasteiger partial charge is 0.469 e. The molecule has 0 bridgehead atoms. The Bertz CT molecular complexity index is 242. The van der Waals surface area contributed by atoms with Crippen LogP contribution in [0.4, 0.5) is 0 Å². The molecule has 1 saturated heterocycles. The van der Waals surface area contributed by atoms with Gasteiger partial charge in [0, 0.05) is 6.42 Å². The molecule has 0 atom stereocenters. The second-order valence-electron chi connectivity index (χ2n) is 3.62. The van der Waals surface area contributed by atoms with Gasteiger partial charge in [0.25, 0.3) is 0 Å². The van der Waals surface area contributed by atoms with Crippen molar-refractivity contribution >= 4 is 11.8 Å². The predicted octanol–water partition coefficient (Wildman–Crippen LogP) is 0.662. The van der Waals surface area contributed by atoms with Gasteiger partial charge in [-0.05, 0) is 6.92 Å². The minimum Gasteiger partial charge on any atom is -0.469 e. The van der Waals surface area contributed by atoms with Crippen LogP contribution in [0, 0.1) is 0 Å². The average molecular weight is 216 g/mol. The lowest BCUT2D eigenvalue weighted by Gasteiger charge is -2.20. The number of hydrogen-bond acceptors (Lipinski definition) is 5. The van der Waals surface area contributed by atoms with Crippen LogP contribution in [0.2, 0.25) is 0 Å². The summed E-state index contributed by atoms with van der Waals surface area (Å²) >= 11 is 0. The molecule has 0 aromatic rings. The molecule has 5 nitrogen and oxygen atoms in total. The van der Waals surface area contributed by atoms with E-state index in [1.54, 1.807) is 6.92 Å². The van der Waals surface area contributed by atoms with Gasteiger partial charge in [0.15, 0.2) is 5.79 Å². The van der Waals surface area contributed by atoms with Gasteiger partial charge in [-0.15, -0.1) is 0 Å². The third-order valence-electron chi connectivity index (χ3n) is 2.25. The van der Waals surface area contributed by atoms with Crippen LogP contribution in [-0.2, 0) is 23.8 Å². The standard InChI is InChI=1S/C10H16O5/c1-10(14-5-6-15-10)7-8(11)3-4-9(12)13-2/h3-7H2,1-2H3. The Morgan fingerprint density at radius 1 is 1.27 bits per heavy atom. The fraction of sp³-hybridized carbons (Fsp3) is 0.800. The van der Waals surface area contributed by atoms with Gasteiger partial charge < -0.3 is 14.2 Å². The van der Waals surface area contributed by atoms with E-state index >= 15 is 0 Å². The van der Waals surface area contributed by atoms with Crippen LogP contribution >= 0.6 is 0 Å². The lowest BCUT2D eigenvalue weighted by Crippen LogP contribution is -2.29. The van der Waals surface area contributed by atoms with Crippen LogP contribution in [0.25, 0.3) is 0 Å². The van der Waals surface area contributed by atoms with Gasteiger partial charge >= 0.3 is 5.97 Å². The van der Waals surface area contributed by atoms with Crippen molar-refractivity contribution in [2.24, 2.45) is 0 Å². The molecule has 0 N–H and O–H groups in total. The Hall–Kier alpha value is -0.940. The molecule has 5 heteroatoms. The molecule has 0 aliphatic carbocycles. The molecule has 1 rings (SSSR count). The summed E-state index contributed by atoms with van der Waals surface area (Å²) in [5.41, 5.74) is 0. The number of methoxy groups -OCH3 is 1. The Morgan fingerprint density at radius 3 is 2.40 bits per heavy atom. The second-order valence-corrected chi connectivity index (χ2v) is 3.62. The summed E-state index contributed by atoms with van der Waals surface area (Å²) in [6.07, 6.45) is 0.477. The number of esters is 1. The van der Waals surface area contributed by atoms with Gasteiger partial charge in [0.1, 0.15) is 5.78 Å². The molecule has 0 unspecified atom stereocenters. The first kappa shape index (κ1) is 12.1. The minimum atomic E-state index is -0.798. The monoisotopic (exact) mass is 216 g/mol. The highest BCUT2D eigenvalue weighted by Gasteiger charge is 2.33. The van der Waals surface area contributed by atoms with E-state index in [2.05, 4.69) is 4.74 Å². The highest BCUT2D eigenvalue weighted by atomic mass is 16.7. The van der Waals surface area contributed by atoms with Crippen molar-refractivity contribution in [3.05, 3.63) is 0 Å². The maximum absolute atomic E-state index is 11.5. The maximum Gasteiger partial charge on any atom is 0.305 e. The molecular weight excluding hydrogens is 200 g/mol. The molecule has 1 aliphatic heterocycles. The van der Waals surface area contributed by atoms with Gasteiger partial charge in [0.2, 0.25) is 0 Å². The average Bonchev–Trinajstić information content (AvgIpc) is 2.61. The molecule has 1 fully saturated rings. The first-order valence-corrected chi connectivity index (χ1v) is 4.92. The first-order valence-electron chi connectivity index (χ1n) is 4.92. The second kappa shape index (κ2) is 5.23. The molecule has 1 heterocycles. The van der Waals surface area contributed by atoms with E-state index < -0.39 is 5.79 Å². The summed E-state index contributed by atoms with van der Waals surface area (Å²) in [5, 5.41) is 0. The summed E-state index contributed by atoms with van der Waals surface area (Å²) in [7, 11) is 1.30. The molecule has 0 saturated carbocycles. The van der Waals surface area contributed by atoms with E-state index in [0.717, 1.165) is 0 Å². The summed E-state index contributed by atoms with van der Waals surface area (Å²) in [6.45, 7) is 2.76. The van der Waals surface area contributed by atoms with Crippen LogP contribution in [0.15, 0.2) is 0 Å². The number of hydrogen-bond donors (Lipinski definition) is 0. The van der Waals surface area contributed by atoms with Gasteiger partial charge in [0.05, 0.1) is 33.2 Å². The third kappa shape index (κ3) is 3.97. The van der Waals surface area contributed by atoms with Crippen LogP contribution in [0.1, 0.15) is 26.2 Å². The summed E-state index contributed by atoms with van der Waals surface area (Å²) in [5.74, 6) is -1.22. The van der Waals surface area contributed by atoms with Gasteiger partial charge in [-0.1, -0.05) is 0 Å². The van der Waals surface area contributed by atoms with Crippen LogP contribution < -0.4 is 0 Å². The Balaban J connectivity index is 2.26. The van der Waals surface area contributed by atoms with Gasteiger partial charge in [-0.3, -0.25) is 9.59 Å². The predicted molar refractivity (Wildman–Crippen MR) is 51.2 cm³/mol. The molecule has 0 aromatic heterocycles. The number of carbonyl (C=O) groups excluding carboxylic acids is 2. The van der Waals surface area contributed by atoms with Crippen molar-refractivity contribution < 1.29 is 23.8 Å². The fourth-order valence-electron chi connectivity index (χ4n) is 1.45. The fourth-order valence-corrected chi connectivity index (χ4v) is 1.45. The molecule has 0 spiro atoms. The zero-order valence-corrected chi connectivity index (χ0v) is 9.08. The van der Waals surface area contributed by atoms with E-state index in [0.29, 0.717) is 13.2 Å². The maximum atomic E-state index is 11.5. The number of rotatable bonds is 5.